The topological polar surface area (TPSA) is 107 Å². The predicted molar refractivity (Wildman–Crippen MR) is 118 cm³/mol. The van der Waals surface area contributed by atoms with Crippen LogP contribution in [0.15, 0.2) is 48.9 Å². The average Bonchev–Trinajstić information content (AvgIpc) is 3.49. The van der Waals surface area contributed by atoms with Crippen LogP contribution in [0.5, 0.6) is 0 Å². The first-order valence-electron chi connectivity index (χ1n) is 10.5. The van der Waals surface area contributed by atoms with Crippen molar-refractivity contribution in [1.82, 2.24) is 24.4 Å². The van der Waals surface area contributed by atoms with Gasteiger partial charge in [0, 0.05) is 24.8 Å². The number of benzene rings is 1. The second kappa shape index (κ2) is 8.98. The molecule has 0 aliphatic carbocycles. The van der Waals surface area contributed by atoms with E-state index in [1.54, 1.807) is 36.5 Å². The first-order valence-corrected chi connectivity index (χ1v) is 10.5. The lowest BCUT2D eigenvalue weighted by Crippen LogP contribution is -2.36. The van der Waals surface area contributed by atoms with Crippen LogP contribution in [0, 0.1) is 0 Å². The Morgan fingerprint density at radius 2 is 1.91 bits per heavy atom. The summed E-state index contributed by atoms with van der Waals surface area (Å²) in [5.74, 6) is 0.0320. The minimum Gasteiger partial charge on any atom is -0.378 e. The highest BCUT2D eigenvalue weighted by atomic mass is 19.3. The Bertz CT molecular complexity index is 1340. The van der Waals surface area contributed by atoms with E-state index in [1.807, 2.05) is 4.90 Å². The maximum Gasteiger partial charge on any atom is 0.284 e. The van der Waals surface area contributed by atoms with Crippen LogP contribution < -0.4 is 10.2 Å². The third kappa shape index (κ3) is 4.10. The zero-order chi connectivity index (χ0) is 23.7. The lowest BCUT2D eigenvalue weighted by molar-refractivity contribution is 0.102. The molecule has 0 atom stereocenters. The number of halogens is 2. The molecule has 0 bridgehead atoms. The van der Waals surface area contributed by atoms with E-state index in [0.717, 1.165) is 0 Å². The Labute approximate surface area is 191 Å². The SMILES string of the molecule is O=Cc1ccc(-n2cc(NC(=O)c3cnn4ccc(N5CCOCC5)nc34)c(C(F)F)n2)cc1. The van der Waals surface area contributed by atoms with Crippen molar-refractivity contribution in [3.8, 4) is 5.69 Å². The molecule has 4 aromatic rings. The Balaban J connectivity index is 1.44. The van der Waals surface area contributed by atoms with E-state index in [-0.39, 0.29) is 11.3 Å². The summed E-state index contributed by atoms with van der Waals surface area (Å²) >= 11 is 0. The average molecular weight is 467 g/mol. The zero-order valence-electron chi connectivity index (χ0n) is 17.8. The minimum absolute atomic E-state index is 0.136. The molecule has 3 aromatic heterocycles. The molecule has 1 N–H and O–H groups in total. The van der Waals surface area contributed by atoms with E-state index in [4.69, 9.17) is 4.74 Å². The van der Waals surface area contributed by atoms with Crippen LogP contribution in [0.25, 0.3) is 11.3 Å². The fraction of sp³-hybridized carbons (Fsp3) is 0.227. The number of amides is 1. The third-order valence-corrected chi connectivity index (χ3v) is 5.43. The third-order valence-electron chi connectivity index (χ3n) is 5.43. The lowest BCUT2D eigenvalue weighted by atomic mass is 10.2. The van der Waals surface area contributed by atoms with Gasteiger partial charge in [0.05, 0.1) is 37.0 Å². The summed E-state index contributed by atoms with van der Waals surface area (Å²) in [5.41, 5.74) is 0.626. The summed E-state index contributed by atoms with van der Waals surface area (Å²) in [6, 6.07) is 8.02. The van der Waals surface area contributed by atoms with E-state index < -0.39 is 18.0 Å². The van der Waals surface area contributed by atoms with Gasteiger partial charge in [0.2, 0.25) is 0 Å². The molecule has 4 heterocycles. The van der Waals surface area contributed by atoms with E-state index >= 15 is 0 Å². The molecule has 1 aliphatic heterocycles. The van der Waals surface area contributed by atoms with Gasteiger partial charge in [-0.1, -0.05) is 0 Å². The highest BCUT2D eigenvalue weighted by Gasteiger charge is 2.23. The molecule has 34 heavy (non-hydrogen) atoms. The van der Waals surface area contributed by atoms with Crippen molar-refractivity contribution in [2.75, 3.05) is 36.5 Å². The van der Waals surface area contributed by atoms with Crippen molar-refractivity contribution in [2.24, 2.45) is 0 Å². The second-order valence-electron chi connectivity index (χ2n) is 7.55. The molecule has 1 fully saturated rings. The monoisotopic (exact) mass is 467 g/mol. The van der Waals surface area contributed by atoms with E-state index in [9.17, 15) is 18.4 Å². The summed E-state index contributed by atoms with van der Waals surface area (Å²) in [6.07, 6.45) is 2.09. The van der Waals surface area contributed by atoms with E-state index in [2.05, 4.69) is 20.5 Å². The van der Waals surface area contributed by atoms with Crippen LogP contribution in [0.3, 0.4) is 0 Å². The number of carbonyl (C=O) groups is 2. The molecule has 0 radical (unpaired) electrons. The van der Waals surface area contributed by atoms with Gasteiger partial charge >= 0.3 is 0 Å². The van der Waals surface area contributed by atoms with E-state index in [1.165, 1.54) is 21.6 Å². The van der Waals surface area contributed by atoms with Crippen LogP contribution in [-0.2, 0) is 4.74 Å². The molecule has 5 rings (SSSR count). The number of alkyl halides is 2. The molecule has 1 amide bonds. The van der Waals surface area contributed by atoms with Crippen molar-refractivity contribution < 1.29 is 23.1 Å². The minimum atomic E-state index is -2.92. The van der Waals surface area contributed by atoms with Crippen molar-refractivity contribution in [3.63, 3.8) is 0 Å². The van der Waals surface area contributed by atoms with Crippen LogP contribution in [-0.4, -0.2) is 62.9 Å². The van der Waals surface area contributed by atoms with Gasteiger partial charge in [-0.2, -0.15) is 10.2 Å². The normalized spacial score (nSPS) is 14.0. The number of fused-ring (bicyclic) bond motifs is 1. The van der Waals surface area contributed by atoms with Gasteiger partial charge < -0.3 is 15.0 Å². The van der Waals surface area contributed by atoms with Crippen LogP contribution in [0.1, 0.15) is 32.8 Å². The number of nitrogens with zero attached hydrogens (tertiary/aromatic N) is 6. The number of ether oxygens (including phenoxy) is 1. The van der Waals surface area contributed by atoms with Gasteiger partial charge in [0.25, 0.3) is 12.3 Å². The molecule has 1 saturated heterocycles. The molecule has 0 unspecified atom stereocenters. The van der Waals surface area contributed by atoms with Crippen LogP contribution >= 0.6 is 0 Å². The van der Waals surface area contributed by atoms with Crippen molar-refractivity contribution in [3.05, 3.63) is 65.7 Å². The summed E-state index contributed by atoms with van der Waals surface area (Å²) in [6.45, 7) is 2.50. The standard InChI is InChI=1S/C22H19F2N7O3/c23-20(24)19-17(12-31(28-19)15-3-1-14(13-32)2-4-15)26-22(33)16-11-25-30-6-5-18(27-21(16)30)29-7-9-34-10-8-29/h1-6,11-13,20H,7-10H2,(H,26,33). The molecule has 1 aromatic carbocycles. The van der Waals surface area contributed by atoms with Crippen molar-refractivity contribution >= 4 is 29.3 Å². The molecule has 10 nitrogen and oxygen atoms in total. The van der Waals surface area contributed by atoms with Crippen LogP contribution in [0.4, 0.5) is 20.3 Å². The Morgan fingerprint density at radius 3 is 2.62 bits per heavy atom. The number of morpholine rings is 1. The summed E-state index contributed by atoms with van der Waals surface area (Å²) in [7, 11) is 0. The highest BCUT2D eigenvalue weighted by Crippen LogP contribution is 2.28. The zero-order valence-corrected chi connectivity index (χ0v) is 17.8. The van der Waals surface area contributed by atoms with Gasteiger partial charge in [0.1, 0.15) is 17.7 Å². The van der Waals surface area contributed by atoms with Gasteiger partial charge in [-0.25, -0.2) is 23.0 Å². The number of hydrogen-bond donors (Lipinski definition) is 1. The first-order chi connectivity index (χ1) is 16.5. The largest absolute Gasteiger partial charge is 0.378 e. The van der Waals surface area contributed by atoms with Gasteiger partial charge in [-0.15, -0.1) is 0 Å². The number of aromatic nitrogens is 5. The molecular weight excluding hydrogens is 448 g/mol. The highest BCUT2D eigenvalue weighted by molar-refractivity contribution is 6.08. The summed E-state index contributed by atoms with van der Waals surface area (Å²) in [5, 5.41) is 10.6. The fourth-order valence-corrected chi connectivity index (χ4v) is 3.66. The predicted octanol–water partition coefficient (Wildman–Crippen LogP) is 2.75. The molecule has 12 heteroatoms. The van der Waals surface area contributed by atoms with Gasteiger partial charge in [0.15, 0.2) is 11.3 Å². The number of aldehydes is 1. The first kappa shape index (κ1) is 21.6. The molecule has 1 aliphatic rings. The number of nitrogens with one attached hydrogen (secondary N) is 1. The molecule has 0 saturated carbocycles. The van der Waals surface area contributed by atoms with E-state index in [0.29, 0.717) is 55.3 Å². The maximum atomic E-state index is 13.7. The number of rotatable bonds is 6. The number of carbonyl (C=O) groups excluding carboxylic acids is 2. The van der Waals surface area contributed by atoms with Crippen molar-refractivity contribution in [1.29, 1.82) is 0 Å². The van der Waals surface area contributed by atoms with Crippen LogP contribution in [0.2, 0.25) is 0 Å². The fourth-order valence-electron chi connectivity index (χ4n) is 3.66. The van der Waals surface area contributed by atoms with Gasteiger partial charge in [-0.05, 0) is 30.3 Å². The quantitative estimate of drug-likeness (QED) is 0.435. The summed E-state index contributed by atoms with van der Waals surface area (Å²) in [4.78, 5) is 30.5. The van der Waals surface area contributed by atoms with Crippen molar-refractivity contribution in [2.45, 2.75) is 6.43 Å². The number of hydrogen-bond acceptors (Lipinski definition) is 7. The Morgan fingerprint density at radius 1 is 1.15 bits per heavy atom. The van der Waals surface area contributed by atoms with Gasteiger partial charge in [-0.3, -0.25) is 9.59 Å². The molecular formula is C22H19F2N7O3. The maximum absolute atomic E-state index is 13.7. The molecule has 0 spiro atoms. The molecule has 174 valence electrons. The summed E-state index contributed by atoms with van der Waals surface area (Å²) < 4.78 is 35.4. The smallest absolute Gasteiger partial charge is 0.284 e. The Hall–Kier alpha value is -4.19. The second-order valence-corrected chi connectivity index (χ2v) is 7.55. The Kier molecular flexibility index (Phi) is 5.72. The number of anilines is 2. The lowest BCUT2D eigenvalue weighted by Gasteiger charge is -2.27.